The van der Waals surface area contributed by atoms with Crippen LogP contribution in [0.2, 0.25) is 0 Å². The number of nitrogens with zero attached hydrogens (tertiary/aromatic N) is 2. The lowest BCUT2D eigenvalue weighted by Gasteiger charge is -2.09. The van der Waals surface area contributed by atoms with Crippen LogP contribution in [0.4, 0.5) is 11.5 Å². The number of hydrogen-bond donors (Lipinski definition) is 2. The van der Waals surface area contributed by atoms with E-state index in [-0.39, 0.29) is 5.56 Å². The molecule has 0 bridgehead atoms. The molecule has 0 saturated heterocycles. The van der Waals surface area contributed by atoms with Crippen LogP contribution in [0.3, 0.4) is 0 Å². The number of anilines is 2. The van der Waals surface area contributed by atoms with Crippen molar-refractivity contribution in [2.45, 2.75) is 33.1 Å². The van der Waals surface area contributed by atoms with Gasteiger partial charge in [0.1, 0.15) is 11.6 Å². The number of hydrogen-bond acceptors (Lipinski definition) is 4. The normalized spacial score (nSPS) is 10.4. The summed E-state index contributed by atoms with van der Waals surface area (Å²) in [6.45, 7) is 4.12. The number of carboxylic acid groups (broad SMARTS) is 1. The molecule has 110 valence electrons. The first-order valence-corrected chi connectivity index (χ1v) is 7.09. The number of carbonyl (C=O) groups is 1. The van der Waals surface area contributed by atoms with Crippen LogP contribution in [-0.2, 0) is 12.8 Å². The minimum absolute atomic E-state index is 0.249. The zero-order valence-corrected chi connectivity index (χ0v) is 12.3. The predicted molar refractivity (Wildman–Crippen MR) is 82.1 cm³/mol. The van der Waals surface area contributed by atoms with Crippen molar-refractivity contribution >= 4 is 17.5 Å². The Hall–Kier alpha value is -2.43. The van der Waals surface area contributed by atoms with Gasteiger partial charge in [-0.3, -0.25) is 0 Å². The lowest BCUT2D eigenvalue weighted by atomic mass is 10.2. The molecule has 1 aromatic heterocycles. The first-order valence-electron chi connectivity index (χ1n) is 7.09. The summed E-state index contributed by atoms with van der Waals surface area (Å²) in [6, 6.07) is 8.60. The number of nitrogens with one attached hydrogen (secondary N) is 1. The summed E-state index contributed by atoms with van der Waals surface area (Å²) in [5.74, 6) is 0.549. The molecule has 5 nitrogen and oxygen atoms in total. The largest absolute Gasteiger partial charge is 0.478 e. The monoisotopic (exact) mass is 285 g/mol. The van der Waals surface area contributed by atoms with Crippen LogP contribution in [0.15, 0.2) is 30.3 Å². The molecule has 0 aliphatic rings. The molecule has 0 unspecified atom stereocenters. The molecular formula is C16H19N3O2. The third-order valence-corrected chi connectivity index (χ3v) is 3.03. The summed E-state index contributed by atoms with van der Waals surface area (Å²) in [4.78, 5) is 19.9. The van der Waals surface area contributed by atoms with Gasteiger partial charge in [0.2, 0.25) is 0 Å². The molecular weight excluding hydrogens is 266 g/mol. The zero-order valence-electron chi connectivity index (χ0n) is 12.3. The molecule has 1 aromatic carbocycles. The summed E-state index contributed by atoms with van der Waals surface area (Å²) in [5.41, 5.74) is 1.96. The summed E-state index contributed by atoms with van der Waals surface area (Å²) in [6.07, 6.45) is 2.69. The quantitative estimate of drug-likeness (QED) is 0.850. The van der Waals surface area contributed by atoms with E-state index >= 15 is 0 Å². The van der Waals surface area contributed by atoms with Crippen molar-refractivity contribution in [2.75, 3.05) is 5.32 Å². The lowest BCUT2D eigenvalue weighted by molar-refractivity contribution is 0.0697. The second-order valence-electron chi connectivity index (χ2n) is 4.78. The van der Waals surface area contributed by atoms with Gasteiger partial charge in [-0.05, 0) is 24.6 Å². The van der Waals surface area contributed by atoms with Crippen molar-refractivity contribution in [3.63, 3.8) is 0 Å². The Morgan fingerprint density at radius 1 is 1.24 bits per heavy atom. The second-order valence-corrected chi connectivity index (χ2v) is 4.78. The molecule has 0 spiro atoms. The Bertz CT molecular complexity index is 641. The van der Waals surface area contributed by atoms with Crippen molar-refractivity contribution in [3.05, 3.63) is 47.4 Å². The van der Waals surface area contributed by atoms with Gasteiger partial charge in [0, 0.05) is 23.9 Å². The highest BCUT2D eigenvalue weighted by Crippen LogP contribution is 2.18. The fourth-order valence-corrected chi connectivity index (χ4v) is 2.04. The fraction of sp³-hybridized carbons (Fsp3) is 0.312. The maximum absolute atomic E-state index is 11.0. The van der Waals surface area contributed by atoms with E-state index < -0.39 is 5.97 Å². The van der Waals surface area contributed by atoms with Crippen LogP contribution >= 0.6 is 0 Å². The molecule has 2 aromatic rings. The number of rotatable bonds is 6. The smallest absolute Gasteiger partial charge is 0.335 e. The van der Waals surface area contributed by atoms with Gasteiger partial charge >= 0.3 is 5.97 Å². The molecule has 0 radical (unpaired) electrons. The molecule has 0 fully saturated rings. The van der Waals surface area contributed by atoms with Gasteiger partial charge in [-0.15, -0.1) is 0 Å². The van der Waals surface area contributed by atoms with E-state index in [4.69, 9.17) is 5.11 Å². The van der Waals surface area contributed by atoms with Gasteiger partial charge in [-0.1, -0.05) is 26.3 Å². The van der Waals surface area contributed by atoms with E-state index in [9.17, 15) is 4.79 Å². The SMILES string of the molecule is CCCc1cc(Nc2cccc(C(=O)O)c2)nc(CC)n1. The number of aromatic carboxylic acids is 1. The highest BCUT2D eigenvalue weighted by molar-refractivity contribution is 5.89. The van der Waals surface area contributed by atoms with Crippen LogP contribution in [0, 0.1) is 0 Å². The highest BCUT2D eigenvalue weighted by atomic mass is 16.4. The Labute approximate surface area is 124 Å². The van der Waals surface area contributed by atoms with E-state index in [1.54, 1.807) is 18.2 Å². The summed E-state index contributed by atoms with van der Waals surface area (Å²) >= 11 is 0. The number of carboxylic acids is 1. The Balaban J connectivity index is 2.27. The number of aryl methyl sites for hydroxylation is 2. The molecule has 5 heteroatoms. The predicted octanol–water partition coefficient (Wildman–Crippen LogP) is 3.43. The highest BCUT2D eigenvalue weighted by Gasteiger charge is 2.06. The summed E-state index contributed by atoms with van der Waals surface area (Å²) in [5, 5.41) is 12.2. The minimum atomic E-state index is -0.942. The van der Waals surface area contributed by atoms with Crippen molar-refractivity contribution in [1.29, 1.82) is 0 Å². The van der Waals surface area contributed by atoms with Crippen molar-refractivity contribution in [2.24, 2.45) is 0 Å². The van der Waals surface area contributed by atoms with Crippen LogP contribution in [0.25, 0.3) is 0 Å². The van der Waals surface area contributed by atoms with Crippen LogP contribution < -0.4 is 5.32 Å². The molecule has 2 N–H and O–H groups in total. The second kappa shape index (κ2) is 6.83. The molecule has 0 aliphatic heterocycles. The molecule has 0 atom stereocenters. The van der Waals surface area contributed by atoms with Crippen LogP contribution in [0.5, 0.6) is 0 Å². The summed E-state index contributed by atoms with van der Waals surface area (Å²) in [7, 11) is 0. The maximum Gasteiger partial charge on any atom is 0.335 e. The molecule has 0 amide bonds. The van der Waals surface area contributed by atoms with E-state index in [0.29, 0.717) is 11.5 Å². The van der Waals surface area contributed by atoms with E-state index in [1.807, 2.05) is 19.1 Å². The minimum Gasteiger partial charge on any atom is -0.478 e. The van der Waals surface area contributed by atoms with Gasteiger partial charge in [0.05, 0.1) is 5.56 Å². The molecule has 21 heavy (non-hydrogen) atoms. The zero-order chi connectivity index (χ0) is 15.2. The average Bonchev–Trinajstić information content (AvgIpc) is 2.47. The van der Waals surface area contributed by atoms with E-state index in [1.165, 1.54) is 0 Å². The Morgan fingerprint density at radius 2 is 2.05 bits per heavy atom. The topological polar surface area (TPSA) is 75.1 Å². The van der Waals surface area contributed by atoms with Gasteiger partial charge < -0.3 is 10.4 Å². The Morgan fingerprint density at radius 3 is 2.71 bits per heavy atom. The fourth-order valence-electron chi connectivity index (χ4n) is 2.04. The first-order chi connectivity index (χ1) is 10.1. The molecule has 0 saturated carbocycles. The third-order valence-electron chi connectivity index (χ3n) is 3.03. The lowest BCUT2D eigenvalue weighted by Crippen LogP contribution is -2.04. The number of benzene rings is 1. The molecule has 0 aliphatic carbocycles. The average molecular weight is 285 g/mol. The van der Waals surface area contributed by atoms with Gasteiger partial charge in [0.15, 0.2) is 0 Å². The molecule has 2 rings (SSSR count). The Kier molecular flexibility index (Phi) is 4.87. The third kappa shape index (κ3) is 4.02. The standard InChI is InChI=1S/C16H19N3O2/c1-3-6-12-10-15(19-14(4-2)17-12)18-13-8-5-7-11(9-13)16(20)21/h5,7-10H,3-4,6H2,1-2H3,(H,20,21)(H,17,18,19). The van der Waals surface area contributed by atoms with Gasteiger partial charge in [-0.25, -0.2) is 14.8 Å². The van der Waals surface area contributed by atoms with E-state index in [2.05, 4.69) is 22.2 Å². The van der Waals surface area contributed by atoms with Crippen molar-refractivity contribution < 1.29 is 9.90 Å². The van der Waals surface area contributed by atoms with Crippen LogP contribution in [-0.4, -0.2) is 21.0 Å². The summed E-state index contributed by atoms with van der Waals surface area (Å²) < 4.78 is 0. The molecule has 1 heterocycles. The van der Waals surface area contributed by atoms with Crippen molar-refractivity contribution in [3.8, 4) is 0 Å². The van der Waals surface area contributed by atoms with Crippen LogP contribution in [0.1, 0.15) is 42.1 Å². The van der Waals surface area contributed by atoms with Crippen molar-refractivity contribution in [1.82, 2.24) is 9.97 Å². The first kappa shape index (κ1) is 15.0. The van der Waals surface area contributed by atoms with Gasteiger partial charge in [-0.2, -0.15) is 0 Å². The number of aromatic nitrogens is 2. The van der Waals surface area contributed by atoms with E-state index in [0.717, 1.165) is 30.8 Å². The van der Waals surface area contributed by atoms with Gasteiger partial charge in [0.25, 0.3) is 0 Å². The maximum atomic E-state index is 11.0.